The summed E-state index contributed by atoms with van der Waals surface area (Å²) in [6.45, 7) is 3.99. The van der Waals surface area contributed by atoms with Gasteiger partial charge >= 0.3 is 0 Å². The first-order chi connectivity index (χ1) is 13.3. The number of carbonyl (C=O) groups excluding carboxylic acids is 1. The first-order valence-corrected chi connectivity index (χ1v) is 9.46. The van der Waals surface area contributed by atoms with Gasteiger partial charge in [0.25, 0.3) is 5.91 Å². The van der Waals surface area contributed by atoms with E-state index in [1.54, 1.807) is 18.5 Å². The van der Waals surface area contributed by atoms with Crippen LogP contribution in [0.25, 0.3) is 0 Å². The fourth-order valence-corrected chi connectivity index (χ4v) is 3.46. The molecule has 0 N–H and O–H groups in total. The van der Waals surface area contributed by atoms with E-state index in [2.05, 4.69) is 14.9 Å². The highest BCUT2D eigenvalue weighted by Crippen LogP contribution is 2.23. The number of nitrogens with zero attached hydrogens (tertiary/aromatic N) is 4. The number of ether oxygens (including phenoxy) is 2. The Labute approximate surface area is 158 Å². The molecule has 1 amide bonds. The predicted molar refractivity (Wildman–Crippen MR) is 101 cm³/mol. The normalized spacial score (nSPS) is 19.9. The molecule has 142 valence electrons. The van der Waals surface area contributed by atoms with Crippen LogP contribution in [0.3, 0.4) is 0 Å². The van der Waals surface area contributed by atoms with Crippen molar-refractivity contribution in [1.82, 2.24) is 14.9 Å². The number of rotatable bonds is 5. The zero-order valence-electron chi connectivity index (χ0n) is 15.3. The highest BCUT2D eigenvalue weighted by molar-refractivity contribution is 5.97. The molecule has 0 radical (unpaired) electrons. The molecule has 27 heavy (non-hydrogen) atoms. The smallest absolute Gasteiger partial charge is 0.257 e. The largest absolute Gasteiger partial charge is 0.490 e. The number of hydrogen-bond acceptors (Lipinski definition) is 6. The first kappa shape index (κ1) is 17.7. The minimum absolute atomic E-state index is 0.00608. The second kappa shape index (κ2) is 8.35. The van der Waals surface area contributed by atoms with E-state index in [0.717, 1.165) is 19.4 Å². The maximum atomic E-state index is 13.0. The van der Waals surface area contributed by atoms with E-state index >= 15 is 0 Å². The third-order valence-corrected chi connectivity index (χ3v) is 4.97. The van der Waals surface area contributed by atoms with Crippen molar-refractivity contribution < 1.29 is 14.3 Å². The van der Waals surface area contributed by atoms with E-state index in [1.807, 2.05) is 29.2 Å². The van der Waals surface area contributed by atoms with E-state index < -0.39 is 0 Å². The van der Waals surface area contributed by atoms with Crippen molar-refractivity contribution in [3.05, 3.63) is 48.3 Å². The Kier molecular flexibility index (Phi) is 5.48. The van der Waals surface area contributed by atoms with Gasteiger partial charge < -0.3 is 19.3 Å². The molecule has 2 aliphatic rings. The zero-order chi connectivity index (χ0) is 18.5. The van der Waals surface area contributed by atoms with Crippen LogP contribution in [0.4, 0.5) is 5.95 Å². The lowest BCUT2D eigenvalue weighted by atomic mass is 10.1. The Balaban J connectivity index is 1.38. The molecule has 0 aliphatic carbocycles. The Morgan fingerprint density at radius 1 is 1.11 bits per heavy atom. The molecular weight excluding hydrogens is 344 g/mol. The van der Waals surface area contributed by atoms with Gasteiger partial charge in [-0.15, -0.1) is 0 Å². The third-order valence-electron chi connectivity index (χ3n) is 4.97. The minimum atomic E-state index is 0.00608. The maximum Gasteiger partial charge on any atom is 0.257 e. The highest BCUT2D eigenvalue weighted by Gasteiger charge is 2.25. The van der Waals surface area contributed by atoms with Gasteiger partial charge in [0.05, 0.1) is 11.7 Å². The van der Waals surface area contributed by atoms with Crippen molar-refractivity contribution in [3.63, 3.8) is 0 Å². The lowest BCUT2D eigenvalue weighted by Crippen LogP contribution is -2.49. The molecule has 0 spiro atoms. The summed E-state index contributed by atoms with van der Waals surface area (Å²) in [5.41, 5.74) is 0.611. The number of aromatic nitrogens is 2. The lowest BCUT2D eigenvalue weighted by molar-refractivity contribution is 0.0648. The van der Waals surface area contributed by atoms with Crippen LogP contribution >= 0.6 is 0 Å². The average Bonchev–Trinajstić information content (AvgIpc) is 3.26. The predicted octanol–water partition coefficient (Wildman–Crippen LogP) is 2.00. The molecule has 2 fully saturated rings. The monoisotopic (exact) mass is 368 g/mol. The van der Waals surface area contributed by atoms with Gasteiger partial charge in [-0.25, -0.2) is 9.97 Å². The topological polar surface area (TPSA) is 67.8 Å². The van der Waals surface area contributed by atoms with Gasteiger partial charge in [0, 0.05) is 45.2 Å². The molecule has 1 aromatic heterocycles. The standard InChI is InChI=1S/C20H24N4O3/c25-19(23-10-12-24(13-11-23)20-21-8-4-9-22-20)17-6-1-2-7-18(17)27-15-16-5-3-14-26-16/h1-2,4,6-9,16H,3,5,10-15H2/t16-/m0/s1. The van der Waals surface area contributed by atoms with E-state index in [0.29, 0.717) is 50.0 Å². The third kappa shape index (κ3) is 4.19. The molecule has 1 aromatic carbocycles. The molecule has 7 heteroatoms. The summed E-state index contributed by atoms with van der Waals surface area (Å²) in [7, 11) is 0. The molecule has 4 rings (SSSR count). The quantitative estimate of drug-likeness (QED) is 0.804. The van der Waals surface area contributed by atoms with E-state index in [1.165, 1.54) is 0 Å². The van der Waals surface area contributed by atoms with Crippen LogP contribution in [0.2, 0.25) is 0 Å². The Bertz CT molecular complexity index is 757. The van der Waals surface area contributed by atoms with E-state index in [9.17, 15) is 4.79 Å². The fourth-order valence-electron chi connectivity index (χ4n) is 3.46. The molecule has 2 aromatic rings. The first-order valence-electron chi connectivity index (χ1n) is 9.46. The average molecular weight is 368 g/mol. The van der Waals surface area contributed by atoms with Gasteiger partial charge in [-0.2, -0.15) is 0 Å². The van der Waals surface area contributed by atoms with Crippen LogP contribution in [0.5, 0.6) is 5.75 Å². The SMILES string of the molecule is O=C(c1ccccc1OC[C@@H]1CCCO1)N1CCN(c2ncccn2)CC1. The van der Waals surface area contributed by atoms with Crippen LogP contribution in [0.1, 0.15) is 23.2 Å². The second-order valence-corrected chi connectivity index (χ2v) is 6.77. The molecule has 3 heterocycles. The number of benzene rings is 1. The second-order valence-electron chi connectivity index (χ2n) is 6.77. The molecule has 2 aliphatic heterocycles. The van der Waals surface area contributed by atoms with Crippen molar-refractivity contribution in [3.8, 4) is 5.75 Å². The summed E-state index contributed by atoms with van der Waals surface area (Å²) in [5.74, 6) is 1.35. The highest BCUT2D eigenvalue weighted by atomic mass is 16.5. The summed E-state index contributed by atoms with van der Waals surface area (Å²) in [6, 6.07) is 9.26. The molecule has 0 saturated carbocycles. The van der Waals surface area contributed by atoms with Gasteiger partial charge in [0.1, 0.15) is 12.4 Å². The summed E-state index contributed by atoms with van der Waals surface area (Å²) in [4.78, 5) is 25.6. The van der Waals surface area contributed by atoms with Crippen molar-refractivity contribution >= 4 is 11.9 Å². The molecule has 0 bridgehead atoms. The minimum Gasteiger partial charge on any atom is -0.490 e. The van der Waals surface area contributed by atoms with Crippen LogP contribution in [-0.4, -0.2) is 66.3 Å². The van der Waals surface area contributed by atoms with Crippen LogP contribution < -0.4 is 9.64 Å². The van der Waals surface area contributed by atoms with Crippen molar-refractivity contribution in [2.24, 2.45) is 0 Å². The number of para-hydroxylation sites is 1. The number of hydrogen-bond donors (Lipinski definition) is 0. The van der Waals surface area contributed by atoms with Gasteiger partial charge in [-0.3, -0.25) is 4.79 Å². The van der Waals surface area contributed by atoms with Crippen molar-refractivity contribution in [2.45, 2.75) is 18.9 Å². The summed E-state index contributed by atoms with van der Waals surface area (Å²) >= 11 is 0. The lowest BCUT2D eigenvalue weighted by Gasteiger charge is -2.34. The zero-order valence-corrected chi connectivity index (χ0v) is 15.3. The van der Waals surface area contributed by atoms with E-state index in [4.69, 9.17) is 9.47 Å². The van der Waals surface area contributed by atoms with Crippen molar-refractivity contribution in [2.75, 3.05) is 44.3 Å². The molecular formula is C20H24N4O3. The van der Waals surface area contributed by atoms with E-state index in [-0.39, 0.29) is 12.0 Å². The molecule has 0 unspecified atom stereocenters. The van der Waals surface area contributed by atoms with Crippen LogP contribution in [-0.2, 0) is 4.74 Å². The molecule has 1 atom stereocenters. The van der Waals surface area contributed by atoms with Gasteiger partial charge in [0.2, 0.25) is 5.95 Å². The number of carbonyl (C=O) groups is 1. The molecule has 7 nitrogen and oxygen atoms in total. The molecule has 2 saturated heterocycles. The van der Waals surface area contributed by atoms with Gasteiger partial charge in [-0.05, 0) is 31.0 Å². The summed E-state index contributed by atoms with van der Waals surface area (Å²) in [6.07, 6.45) is 5.69. The van der Waals surface area contributed by atoms with Crippen LogP contribution in [0.15, 0.2) is 42.7 Å². The van der Waals surface area contributed by atoms with Crippen molar-refractivity contribution in [1.29, 1.82) is 0 Å². The summed E-state index contributed by atoms with van der Waals surface area (Å²) in [5, 5.41) is 0. The fraction of sp³-hybridized carbons (Fsp3) is 0.450. The Morgan fingerprint density at radius 3 is 2.63 bits per heavy atom. The Morgan fingerprint density at radius 2 is 1.89 bits per heavy atom. The van der Waals surface area contributed by atoms with Gasteiger partial charge in [0.15, 0.2) is 0 Å². The van der Waals surface area contributed by atoms with Crippen LogP contribution in [0, 0.1) is 0 Å². The number of amides is 1. The maximum absolute atomic E-state index is 13.0. The number of piperazine rings is 1. The Hall–Kier alpha value is -2.67. The number of anilines is 1. The van der Waals surface area contributed by atoms with Gasteiger partial charge in [-0.1, -0.05) is 12.1 Å². The summed E-state index contributed by atoms with van der Waals surface area (Å²) < 4.78 is 11.5.